The van der Waals surface area contributed by atoms with Crippen LogP contribution < -0.4 is 0 Å². The lowest BCUT2D eigenvalue weighted by molar-refractivity contribution is 0.160. The van der Waals surface area contributed by atoms with Gasteiger partial charge in [-0.05, 0) is 41.4 Å². The van der Waals surface area contributed by atoms with Gasteiger partial charge in [0.05, 0.1) is 6.10 Å². The van der Waals surface area contributed by atoms with Gasteiger partial charge in [0, 0.05) is 6.26 Å². The first kappa shape index (κ1) is 11.0. The van der Waals surface area contributed by atoms with E-state index in [0.717, 1.165) is 19.1 Å². The number of alkyl halides is 2. The van der Waals surface area contributed by atoms with Gasteiger partial charge in [-0.2, -0.15) is 0 Å². The van der Waals surface area contributed by atoms with Gasteiger partial charge in [-0.3, -0.25) is 0 Å². The third-order valence-corrected chi connectivity index (χ3v) is 7.24. The molecule has 0 aliphatic heterocycles. The average Bonchev–Trinajstić information content (AvgIpc) is 2.64. The third-order valence-electron chi connectivity index (χ3n) is 1.91. The third kappa shape index (κ3) is 2.05. The lowest BCUT2D eigenvalue weighted by Gasteiger charge is -2.23. The minimum atomic E-state index is -3.40. The summed E-state index contributed by atoms with van der Waals surface area (Å²) < 4.78 is 20.7. The number of hydrogen-bond donors (Lipinski definition) is 1. The van der Waals surface area contributed by atoms with Crippen LogP contribution in [0.2, 0.25) is 0 Å². The van der Waals surface area contributed by atoms with E-state index in [1.807, 2.05) is 0 Å². The van der Waals surface area contributed by atoms with Gasteiger partial charge in [-0.25, -0.2) is 8.42 Å². The Labute approximate surface area is 90.5 Å². The molecule has 0 amide bonds. The Kier molecular flexibility index (Phi) is 2.98. The molecule has 0 aromatic rings. The van der Waals surface area contributed by atoms with Crippen LogP contribution in [0.5, 0.6) is 0 Å². The van der Waals surface area contributed by atoms with Crippen molar-refractivity contribution in [3.63, 3.8) is 0 Å². The summed E-state index contributed by atoms with van der Waals surface area (Å²) in [7, 11) is -3.40. The van der Waals surface area contributed by atoms with E-state index in [0.29, 0.717) is 0 Å². The average molecular weight is 325 g/mol. The maximum absolute atomic E-state index is 11.1. The normalized spacial score (nSPS) is 26.3. The van der Waals surface area contributed by atoms with Crippen molar-refractivity contribution < 1.29 is 13.5 Å². The van der Waals surface area contributed by atoms with Crippen LogP contribution in [0.1, 0.15) is 12.8 Å². The van der Waals surface area contributed by atoms with Crippen molar-refractivity contribution in [2.24, 2.45) is 5.92 Å². The van der Waals surface area contributed by atoms with Crippen LogP contribution in [0.25, 0.3) is 0 Å². The lowest BCUT2D eigenvalue weighted by atomic mass is 10.3. The molecule has 12 heavy (non-hydrogen) atoms. The van der Waals surface area contributed by atoms with Crippen molar-refractivity contribution in [2.75, 3.05) is 6.26 Å². The van der Waals surface area contributed by atoms with E-state index < -0.39 is 18.2 Å². The summed E-state index contributed by atoms with van der Waals surface area (Å²) >= 11 is 7.34. The molecule has 1 fully saturated rings. The van der Waals surface area contributed by atoms with Gasteiger partial charge < -0.3 is 5.11 Å². The molecule has 0 radical (unpaired) electrons. The quantitative estimate of drug-likeness (QED) is 0.625. The topological polar surface area (TPSA) is 54.4 Å². The molecule has 1 N–H and O–H groups in total. The van der Waals surface area contributed by atoms with Gasteiger partial charge in [0.2, 0.25) is 2.21 Å². The van der Waals surface area contributed by atoms with Gasteiger partial charge in [0.15, 0.2) is 9.84 Å². The SMILES string of the molecule is CS(=O)(=O)[C@](Cl)(I)[C@H](O)C1CC1. The van der Waals surface area contributed by atoms with E-state index in [1.165, 1.54) is 0 Å². The van der Waals surface area contributed by atoms with Crippen LogP contribution in [-0.4, -0.2) is 28.1 Å². The van der Waals surface area contributed by atoms with E-state index in [2.05, 4.69) is 0 Å². The number of aliphatic hydroxyl groups is 1. The highest BCUT2D eigenvalue weighted by Crippen LogP contribution is 2.45. The molecular weight excluding hydrogens is 314 g/mol. The molecule has 2 atom stereocenters. The number of halogens is 2. The van der Waals surface area contributed by atoms with Crippen LogP contribution in [0.15, 0.2) is 0 Å². The summed E-state index contributed by atoms with van der Waals surface area (Å²) in [6, 6.07) is 0. The monoisotopic (exact) mass is 324 g/mol. The second-order valence-electron chi connectivity index (χ2n) is 3.12. The fourth-order valence-electron chi connectivity index (χ4n) is 0.906. The summed E-state index contributed by atoms with van der Waals surface area (Å²) in [6.07, 6.45) is 1.83. The number of rotatable bonds is 3. The van der Waals surface area contributed by atoms with Crippen LogP contribution in [0.4, 0.5) is 0 Å². The van der Waals surface area contributed by atoms with Gasteiger partial charge in [0.1, 0.15) is 0 Å². The summed E-state index contributed by atoms with van der Waals surface area (Å²) in [6.45, 7) is 0. The first-order valence-electron chi connectivity index (χ1n) is 3.52. The van der Waals surface area contributed by atoms with Crippen LogP contribution in [0.3, 0.4) is 0 Å². The number of sulfone groups is 1. The first-order valence-corrected chi connectivity index (χ1v) is 6.87. The van der Waals surface area contributed by atoms with E-state index in [9.17, 15) is 13.5 Å². The molecule has 72 valence electrons. The fourth-order valence-corrected chi connectivity index (χ4v) is 2.22. The summed E-state index contributed by atoms with van der Waals surface area (Å²) in [5.41, 5.74) is 0. The van der Waals surface area contributed by atoms with Gasteiger partial charge in [-0.15, -0.1) is 0 Å². The lowest BCUT2D eigenvalue weighted by Crippen LogP contribution is -2.39. The van der Waals surface area contributed by atoms with Crippen molar-refractivity contribution >= 4 is 44.0 Å². The van der Waals surface area contributed by atoms with Gasteiger partial charge >= 0.3 is 0 Å². The minimum Gasteiger partial charge on any atom is -0.389 e. The van der Waals surface area contributed by atoms with Crippen LogP contribution >= 0.6 is 34.2 Å². The van der Waals surface area contributed by atoms with Crippen LogP contribution in [0, 0.1) is 5.92 Å². The van der Waals surface area contributed by atoms with Crippen molar-refractivity contribution in [1.29, 1.82) is 0 Å². The van der Waals surface area contributed by atoms with Crippen molar-refractivity contribution in [2.45, 2.75) is 21.2 Å². The Hall–Kier alpha value is 0.930. The zero-order valence-corrected chi connectivity index (χ0v) is 10.2. The van der Waals surface area contributed by atoms with E-state index in [4.69, 9.17) is 11.6 Å². The molecule has 1 aliphatic rings. The Balaban J connectivity index is 2.83. The molecule has 1 aliphatic carbocycles. The predicted octanol–water partition coefficient (Wildman–Crippen LogP) is 1.13. The molecule has 1 rings (SSSR count). The second kappa shape index (κ2) is 3.25. The fraction of sp³-hybridized carbons (Fsp3) is 1.00. The number of hydrogen-bond acceptors (Lipinski definition) is 3. The molecule has 0 aromatic carbocycles. The summed E-state index contributed by atoms with van der Waals surface area (Å²) in [4.78, 5) is 0. The minimum absolute atomic E-state index is 0.0640. The first-order chi connectivity index (χ1) is 5.27. The summed E-state index contributed by atoms with van der Waals surface area (Å²) in [5.74, 6) is 0.0640. The molecule has 6 heteroatoms. The van der Waals surface area contributed by atoms with E-state index in [-0.39, 0.29) is 5.92 Å². The zero-order chi connectivity index (χ0) is 9.57. The predicted molar refractivity (Wildman–Crippen MR) is 56.2 cm³/mol. The molecule has 0 aromatic heterocycles. The Morgan fingerprint density at radius 3 is 2.33 bits per heavy atom. The van der Waals surface area contributed by atoms with Crippen molar-refractivity contribution in [1.82, 2.24) is 0 Å². The molecule has 1 saturated carbocycles. The van der Waals surface area contributed by atoms with Crippen LogP contribution in [-0.2, 0) is 9.84 Å². The van der Waals surface area contributed by atoms with Crippen molar-refractivity contribution in [3.8, 4) is 0 Å². The van der Waals surface area contributed by atoms with E-state index in [1.54, 1.807) is 22.6 Å². The van der Waals surface area contributed by atoms with Gasteiger partial charge in [-0.1, -0.05) is 11.6 Å². The highest BCUT2D eigenvalue weighted by molar-refractivity contribution is 14.1. The highest BCUT2D eigenvalue weighted by atomic mass is 127. The Morgan fingerprint density at radius 1 is 1.67 bits per heavy atom. The smallest absolute Gasteiger partial charge is 0.221 e. The molecule has 0 bridgehead atoms. The van der Waals surface area contributed by atoms with Crippen molar-refractivity contribution in [3.05, 3.63) is 0 Å². The molecule has 0 unspecified atom stereocenters. The molecule has 0 heterocycles. The largest absolute Gasteiger partial charge is 0.389 e. The highest BCUT2D eigenvalue weighted by Gasteiger charge is 2.49. The molecule has 0 saturated heterocycles. The maximum Gasteiger partial charge on any atom is 0.221 e. The second-order valence-corrected chi connectivity index (χ2v) is 9.20. The van der Waals surface area contributed by atoms with Gasteiger partial charge in [0.25, 0.3) is 0 Å². The molecular formula is C6H10ClIO3S. The Bertz CT molecular complexity index is 271. The standard InChI is InChI=1S/C6H10ClIO3S/c1-12(10,11)6(7,8)5(9)4-2-3-4/h4-5,9H,2-3H2,1H3/t5-,6-/m1/s1. The maximum atomic E-state index is 11.1. The molecule has 3 nitrogen and oxygen atoms in total. The Morgan fingerprint density at radius 2 is 2.08 bits per heavy atom. The summed E-state index contributed by atoms with van der Waals surface area (Å²) in [5, 5.41) is 9.53. The van der Waals surface area contributed by atoms with E-state index >= 15 is 0 Å². The number of aliphatic hydroxyl groups excluding tert-OH is 1. The molecule has 0 spiro atoms. The zero-order valence-electron chi connectivity index (χ0n) is 6.50.